The highest BCUT2D eigenvalue weighted by atomic mass is 32.1. The van der Waals surface area contributed by atoms with Crippen molar-refractivity contribution in [3.05, 3.63) is 23.0 Å². The molecule has 0 aliphatic carbocycles. The van der Waals surface area contributed by atoms with E-state index in [0.717, 1.165) is 6.42 Å². The fraction of sp³-hybridized carbons (Fsp3) is 0.333. The molecular weight excluding hydrogens is 212 g/mol. The number of nitrogens with zero attached hydrogens (tertiary/aromatic N) is 1. The molecule has 0 fully saturated rings. The van der Waals surface area contributed by atoms with Crippen LogP contribution in [0.2, 0.25) is 0 Å². The number of carbonyl (C=O) groups excluding carboxylic acids is 1. The Morgan fingerprint density at radius 2 is 2.53 bits per heavy atom. The molecule has 1 aromatic heterocycles. The van der Waals surface area contributed by atoms with Crippen molar-refractivity contribution in [2.75, 3.05) is 6.54 Å². The van der Waals surface area contributed by atoms with E-state index in [9.17, 15) is 4.79 Å². The van der Waals surface area contributed by atoms with Crippen molar-refractivity contribution in [2.24, 2.45) is 5.73 Å². The van der Waals surface area contributed by atoms with Gasteiger partial charge in [0, 0.05) is 18.3 Å². The van der Waals surface area contributed by atoms with E-state index in [-0.39, 0.29) is 11.7 Å². The third-order valence-electron chi connectivity index (χ3n) is 1.71. The summed E-state index contributed by atoms with van der Waals surface area (Å²) in [5, 5.41) is 11.3. The fourth-order valence-corrected chi connectivity index (χ4v) is 1.54. The maximum Gasteiger partial charge on any atom is 0.185 e. The molecule has 0 atom stereocenters. The standard InChI is InChI=1S/C9H13N4OS/c10-9(11)12-4-2-1-3-8(14)7-5-15-6-13-7/h3,5-6H,1-2,4H2,(H4,10,11,12). The van der Waals surface area contributed by atoms with Crippen LogP contribution in [0.25, 0.3) is 0 Å². The second-order valence-electron chi connectivity index (χ2n) is 2.92. The number of carbonyl (C=O) groups is 1. The van der Waals surface area contributed by atoms with Crippen LogP contribution in [0.4, 0.5) is 0 Å². The lowest BCUT2D eigenvalue weighted by molar-refractivity contribution is 0.102. The van der Waals surface area contributed by atoms with Crippen molar-refractivity contribution >= 4 is 23.1 Å². The molecule has 1 radical (unpaired) electrons. The topological polar surface area (TPSA) is 91.9 Å². The van der Waals surface area contributed by atoms with Crippen LogP contribution in [-0.4, -0.2) is 23.3 Å². The molecule has 6 heteroatoms. The first kappa shape index (κ1) is 11.6. The summed E-state index contributed by atoms with van der Waals surface area (Å²) in [6.07, 6.45) is 3.04. The summed E-state index contributed by atoms with van der Waals surface area (Å²) < 4.78 is 0. The number of rotatable bonds is 6. The number of hydrogen-bond acceptors (Lipinski definition) is 4. The predicted molar refractivity (Wildman–Crippen MR) is 59.9 cm³/mol. The smallest absolute Gasteiger partial charge is 0.185 e. The van der Waals surface area contributed by atoms with Gasteiger partial charge in [-0.25, -0.2) is 4.98 Å². The fourth-order valence-electron chi connectivity index (χ4n) is 0.997. The van der Waals surface area contributed by atoms with Crippen LogP contribution in [0.5, 0.6) is 0 Å². The molecular formula is C9H13N4OS. The van der Waals surface area contributed by atoms with Crippen molar-refractivity contribution in [1.82, 2.24) is 10.3 Å². The Morgan fingerprint density at radius 3 is 3.13 bits per heavy atom. The third kappa shape index (κ3) is 4.55. The summed E-state index contributed by atoms with van der Waals surface area (Å²) in [5.41, 5.74) is 7.23. The summed E-state index contributed by atoms with van der Waals surface area (Å²) in [4.78, 5) is 15.3. The maximum absolute atomic E-state index is 11.4. The van der Waals surface area contributed by atoms with E-state index in [2.05, 4.69) is 10.3 Å². The van der Waals surface area contributed by atoms with Crippen LogP contribution in [0.3, 0.4) is 0 Å². The Balaban J connectivity index is 2.10. The number of guanidine groups is 1. The molecule has 1 aromatic rings. The van der Waals surface area contributed by atoms with Crippen LogP contribution < -0.4 is 11.1 Å². The van der Waals surface area contributed by atoms with Gasteiger partial charge in [0.1, 0.15) is 5.69 Å². The van der Waals surface area contributed by atoms with Gasteiger partial charge in [-0.3, -0.25) is 10.2 Å². The Morgan fingerprint density at radius 1 is 1.73 bits per heavy atom. The first-order valence-corrected chi connectivity index (χ1v) is 5.48. The number of thiazole rings is 1. The molecule has 0 saturated heterocycles. The summed E-state index contributed by atoms with van der Waals surface area (Å²) in [6, 6.07) is 0. The van der Waals surface area contributed by atoms with Crippen LogP contribution >= 0.6 is 11.3 Å². The largest absolute Gasteiger partial charge is 0.370 e. The monoisotopic (exact) mass is 225 g/mol. The van der Waals surface area contributed by atoms with Gasteiger partial charge in [0.25, 0.3) is 0 Å². The van der Waals surface area contributed by atoms with Crippen LogP contribution in [0.15, 0.2) is 10.9 Å². The zero-order chi connectivity index (χ0) is 11.1. The Hall–Kier alpha value is -1.43. The molecule has 0 amide bonds. The molecule has 81 valence electrons. The van der Waals surface area contributed by atoms with Crippen LogP contribution in [0, 0.1) is 11.8 Å². The molecule has 0 aromatic carbocycles. The number of nitrogens with one attached hydrogen (secondary N) is 2. The summed E-state index contributed by atoms with van der Waals surface area (Å²) in [7, 11) is 0. The molecule has 1 heterocycles. The van der Waals surface area contributed by atoms with E-state index in [1.165, 1.54) is 11.3 Å². The van der Waals surface area contributed by atoms with E-state index in [0.29, 0.717) is 18.7 Å². The highest BCUT2D eigenvalue weighted by molar-refractivity contribution is 7.07. The Kier molecular flexibility index (Phi) is 4.76. The van der Waals surface area contributed by atoms with Gasteiger partial charge in [-0.15, -0.1) is 11.3 Å². The molecule has 1 rings (SSSR count). The minimum Gasteiger partial charge on any atom is -0.370 e. The molecule has 0 unspecified atom stereocenters. The van der Waals surface area contributed by atoms with Crippen LogP contribution in [0.1, 0.15) is 23.3 Å². The quantitative estimate of drug-likeness (QED) is 0.289. The van der Waals surface area contributed by atoms with E-state index in [4.69, 9.17) is 11.1 Å². The van der Waals surface area contributed by atoms with Gasteiger partial charge in [-0.2, -0.15) is 0 Å². The summed E-state index contributed by atoms with van der Waals surface area (Å²) >= 11 is 1.41. The normalized spacial score (nSPS) is 9.87. The number of Topliss-reactive ketones (excluding diaryl/α,β-unsaturated/α-hetero) is 1. The van der Waals surface area contributed by atoms with Gasteiger partial charge in [-0.05, 0) is 12.8 Å². The van der Waals surface area contributed by atoms with Crippen molar-refractivity contribution < 1.29 is 4.79 Å². The van der Waals surface area contributed by atoms with Gasteiger partial charge in [0.2, 0.25) is 0 Å². The molecule has 0 aliphatic rings. The van der Waals surface area contributed by atoms with Crippen molar-refractivity contribution in [3.63, 3.8) is 0 Å². The highest BCUT2D eigenvalue weighted by Crippen LogP contribution is 2.06. The minimum absolute atomic E-state index is 0.0409. The SMILES string of the molecule is N=C(N)NCCC[CH]C(=O)c1cscn1. The van der Waals surface area contributed by atoms with Crippen molar-refractivity contribution in [2.45, 2.75) is 12.8 Å². The molecule has 0 bridgehead atoms. The number of unbranched alkanes of at least 4 members (excludes halogenated alkanes) is 1. The average Bonchev–Trinajstić information content (AvgIpc) is 2.69. The van der Waals surface area contributed by atoms with Crippen LogP contribution in [-0.2, 0) is 0 Å². The summed E-state index contributed by atoms with van der Waals surface area (Å²) in [5.74, 6) is -0.0834. The lowest BCUT2D eigenvalue weighted by Gasteiger charge is -2.01. The van der Waals surface area contributed by atoms with Gasteiger partial charge in [0.05, 0.1) is 5.51 Å². The molecule has 5 nitrogen and oxygen atoms in total. The molecule has 15 heavy (non-hydrogen) atoms. The average molecular weight is 225 g/mol. The third-order valence-corrected chi connectivity index (χ3v) is 2.30. The van der Waals surface area contributed by atoms with E-state index >= 15 is 0 Å². The first-order chi connectivity index (χ1) is 7.20. The maximum atomic E-state index is 11.4. The first-order valence-electron chi connectivity index (χ1n) is 4.54. The molecule has 0 saturated carbocycles. The number of nitrogens with two attached hydrogens (primary N) is 1. The Bertz CT molecular complexity index is 323. The predicted octanol–water partition coefficient (Wildman–Crippen LogP) is 0.793. The number of hydrogen-bond donors (Lipinski definition) is 3. The van der Waals surface area contributed by atoms with E-state index in [1.807, 2.05) is 0 Å². The lowest BCUT2D eigenvalue weighted by Crippen LogP contribution is -2.30. The minimum atomic E-state index is -0.0425. The molecule has 0 spiro atoms. The second-order valence-corrected chi connectivity index (χ2v) is 3.64. The Labute approximate surface area is 92.2 Å². The van der Waals surface area contributed by atoms with Gasteiger partial charge in [-0.1, -0.05) is 0 Å². The lowest BCUT2D eigenvalue weighted by atomic mass is 10.1. The van der Waals surface area contributed by atoms with E-state index in [1.54, 1.807) is 17.3 Å². The van der Waals surface area contributed by atoms with Crippen molar-refractivity contribution in [3.8, 4) is 0 Å². The summed E-state index contributed by atoms with van der Waals surface area (Å²) in [6.45, 7) is 0.607. The molecule has 4 N–H and O–H groups in total. The highest BCUT2D eigenvalue weighted by Gasteiger charge is 2.06. The molecule has 0 aliphatic heterocycles. The van der Waals surface area contributed by atoms with Gasteiger partial charge < -0.3 is 11.1 Å². The zero-order valence-corrected chi connectivity index (χ0v) is 9.01. The second kappa shape index (κ2) is 6.13. The van der Waals surface area contributed by atoms with Gasteiger partial charge in [0.15, 0.2) is 11.7 Å². The number of ketones is 1. The number of aromatic nitrogens is 1. The van der Waals surface area contributed by atoms with Gasteiger partial charge >= 0.3 is 0 Å². The van der Waals surface area contributed by atoms with E-state index < -0.39 is 0 Å². The zero-order valence-electron chi connectivity index (χ0n) is 8.19. The van der Waals surface area contributed by atoms with Crippen molar-refractivity contribution in [1.29, 1.82) is 5.41 Å².